The van der Waals surface area contributed by atoms with Gasteiger partial charge < -0.3 is 19.9 Å². The second kappa shape index (κ2) is 7.20. The Bertz CT molecular complexity index is 763. The van der Waals surface area contributed by atoms with Crippen molar-refractivity contribution in [3.8, 4) is 11.5 Å². The first-order valence-electron chi connectivity index (χ1n) is 7.54. The normalized spacial score (nSPS) is 14.8. The number of nitrogens with one attached hydrogen (secondary N) is 1. The van der Waals surface area contributed by atoms with E-state index in [1.165, 1.54) is 6.39 Å². The van der Waals surface area contributed by atoms with Crippen molar-refractivity contribution in [1.29, 1.82) is 0 Å². The molecule has 0 saturated carbocycles. The van der Waals surface area contributed by atoms with Crippen LogP contribution in [-0.2, 0) is 0 Å². The molecule has 0 fully saturated rings. The number of aromatic nitrogens is 3. The maximum atomic E-state index is 10.4. The highest BCUT2D eigenvalue weighted by atomic mass is 16.4. The lowest BCUT2D eigenvalue weighted by molar-refractivity contribution is 0.0190. The molecule has 7 nitrogen and oxygen atoms in total. The first kappa shape index (κ1) is 16.1. The number of anilines is 1. The van der Waals surface area contributed by atoms with Gasteiger partial charge in [0.1, 0.15) is 6.10 Å². The summed E-state index contributed by atoms with van der Waals surface area (Å²) in [6.45, 7) is 1.55. The topological polar surface area (TPSA) is 104 Å². The van der Waals surface area contributed by atoms with Crippen LogP contribution in [0, 0.1) is 0 Å². The van der Waals surface area contributed by atoms with Crippen molar-refractivity contribution < 1.29 is 14.6 Å². The third kappa shape index (κ3) is 3.58. The second-order valence-electron chi connectivity index (χ2n) is 5.46. The molecule has 0 unspecified atom stereocenters. The number of aliphatic hydroxyl groups is 2. The van der Waals surface area contributed by atoms with Gasteiger partial charge in [0.25, 0.3) is 0 Å². The lowest BCUT2D eigenvalue weighted by atomic mass is 9.98. The first-order valence-corrected chi connectivity index (χ1v) is 7.54. The summed E-state index contributed by atoms with van der Waals surface area (Å²) in [6.07, 6.45) is 2.68. The van der Waals surface area contributed by atoms with Gasteiger partial charge in [0.05, 0.1) is 12.1 Å². The summed E-state index contributed by atoms with van der Waals surface area (Å²) in [7, 11) is 0. The minimum absolute atomic E-state index is 0.412. The quantitative estimate of drug-likeness (QED) is 0.636. The fraction of sp³-hybridized carbons (Fsp3) is 0.235. The predicted molar refractivity (Wildman–Crippen MR) is 88.0 cm³/mol. The molecule has 24 heavy (non-hydrogen) atoms. The molecule has 0 aliphatic heterocycles. The maximum Gasteiger partial charge on any atom is 0.247 e. The molecule has 2 heterocycles. The van der Waals surface area contributed by atoms with Crippen molar-refractivity contribution in [2.45, 2.75) is 25.2 Å². The van der Waals surface area contributed by atoms with Gasteiger partial charge in [0.15, 0.2) is 0 Å². The fourth-order valence-electron chi connectivity index (χ4n) is 2.44. The Labute approximate surface area is 139 Å². The van der Waals surface area contributed by atoms with Crippen LogP contribution in [0.2, 0.25) is 0 Å². The third-order valence-corrected chi connectivity index (χ3v) is 3.69. The van der Waals surface area contributed by atoms with Crippen LogP contribution in [0.1, 0.15) is 18.5 Å². The van der Waals surface area contributed by atoms with Gasteiger partial charge in [-0.15, -0.1) is 10.2 Å². The molecule has 2 aromatic heterocycles. The van der Waals surface area contributed by atoms with E-state index in [4.69, 9.17) is 4.42 Å². The van der Waals surface area contributed by atoms with Crippen LogP contribution in [0.3, 0.4) is 0 Å². The second-order valence-corrected chi connectivity index (χ2v) is 5.46. The molecule has 7 heteroatoms. The number of pyridine rings is 1. The smallest absolute Gasteiger partial charge is 0.247 e. The number of aliphatic hydroxyl groups excluding tert-OH is 2. The van der Waals surface area contributed by atoms with E-state index in [0.717, 1.165) is 16.8 Å². The van der Waals surface area contributed by atoms with Gasteiger partial charge in [0.2, 0.25) is 12.3 Å². The summed E-state index contributed by atoms with van der Waals surface area (Å²) in [5.41, 5.74) is 2.34. The van der Waals surface area contributed by atoms with Crippen LogP contribution >= 0.6 is 0 Å². The largest absolute Gasteiger partial charge is 0.423 e. The van der Waals surface area contributed by atoms with E-state index in [9.17, 15) is 10.2 Å². The lowest BCUT2D eigenvalue weighted by Crippen LogP contribution is -2.34. The molecule has 1 aromatic carbocycles. The molecule has 0 bridgehead atoms. The van der Waals surface area contributed by atoms with Crippen LogP contribution in [0.5, 0.6) is 0 Å². The van der Waals surface area contributed by atoms with Gasteiger partial charge in [-0.25, -0.2) is 0 Å². The molecule has 0 aliphatic rings. The van der Waals surface area contributed by atoms with E-state index in [1.807, 2.05) is 24.3 Å². The zero-order valence-electron chi connectivity index (χ0n) is 13.1. The molecule has 0 saturated heterocycles. The van der Waals surface area contributed by atoms with Crippen LogP contribution < -0.4 is 5.32 Å². The Kier molecular flexibility index (Phi) is 4.83. The van der Waals surface area contributed by atoms with E-state index in [0.29, 0.717) is 5.89 Å². The van der Waals surface area contributed by atoms with Crippen molar-refractivity contribution in [3.63, 3.8) is 0 Å². The molecule has 0 radical (unpaired) electrons. The Balaban J connectivity index is 1.89. The summed E-state index contributed by atoms with van der Waals surface area (Å²) in [5.74, 6) is 0.412. The van der Waals surface area contributed by atoms with E-state index in [-0.39, 0.29) is 0 Å². The third-order valence-electron chi connectivity index (χ3n) is 3.69. The number of benzene rings is 1. The van der Waals surface area contributed by atoms with Gasteiger partial charge in [-0.1, -0.05) is 6.07 Å². The van der Waals surface area contributed by atoms with Crippen LogP contribution in [0.4, 0.5) is 5.69 Å². The number of hydrogen-bond donors (Lipinski definition) is 3. The summed E-state index contributed by atoms with van der Waals surface area (Å²) in [4.78, 5) is 3.99. The van der Waals surface area contributed by atoms with Crippen molar-refractivity contribution in [2.24, 2.45) is 0 Å². The minimum Gasteiger partial charge on any atom is -0.423 e. The number of hydrogen-bond acceptors (Lipinski definition) is 7. The average molecular weight is 326 g/mol. The molecule has 3 N–H and O–H groups in total. The molecular formula is C17H18N4O3. The standard InChI is InChI=1S/C17H18N4O3/c1-11(22)16(23)15(12-5-7-18-8-6-12)20-14-4-2-3-13(9-14)17-21-19-10-24-17/h2-11,15-16,20,22-23H,1H3/t11-,15+,16+/m0/s1. The monoisotopic (exact) mass is 326 g/mol. The van der Waals surface area contributed by atoms with Crippen molar-refractivity contribution in [1.82, 2.24) is 15.2 Å². The number of nitrogens with zero attached hydrogens (tertiary/aromatic N) is 3. The number of rotatable bonds is 6. The van der Waals surface area contributed by atoms with Crippen molar-refractivity contribution >= 4 is 5.69 Å². The van der Waals surface area contributed by atoms with Gasteiger partial charge in [-0.2, -0.15) is 0 Å². The Hall–Kier alpha value is -2.77. The van der Waals surface area contributed by atoms with E-state index < -0.39 is 18.2 Å². The van der Waals surface area contributed by atoms with Crippen LogP contribution in [-0.4, -0.2) is 37.6 Å². The van der Waals surface area contributed by atoms with Crippen molar-refractivity contribution in [3.05, 3.63) is 60.7 Å². The highest BCUT2D eigenvalue weighted by Crippen LogP contribution is 2.27. The summed E-state index contributed by atoms with van der Waals surface area (Å²) >= 11 is 0. The molecular weight excluding hydrogens is 308 g/mol. The van der Waals surface area contributed by atoms with E-state index in [1.54, 1.807) is 31.5 Å². The molecule has 0 spiro atoms. The highest BCUT2D eigenvalue weighted by Gasteiger charge is 2.25. The molecule has 124 valence electrons. The van der Waals surface area contributed by atoms with Gasteiger partial charge in [-0.05, 0) is 42.8 Å². The van der Waals surface area contributed by atoms with Crippen LogP contribution in [0.25, 0.3) is 11.5 Å². The SMILES string of the molecule is C[C@H](O)[C@@H](O)[C@H](Nc1cccc(-c2nnco2)c1)c1ccncc1. The van der Waals surface area contributed by atoms with E-state index in [2.05, 4.69) is 20.5 Å². The van der Waals surface area contributed by atoms with Gasteiger partial charge >= 0.3 is 0 Å². The highest BCUT2D eigenvalue weighted by molar-refractivity contribution is 5.61. The zero-order chi connectivity index (χ0) is 16.9. The molecule has 3 aromatic rings. The molecule has 3 atom stereocenters. The molecule has 0 amide bonds. The predicted octanol–water partition coefficient (Wildman–Crippen LogP) is 2.03. The summed E-state index contributed by atoms with van der Waals surface area (Å²) < 4.78 is 5.20. The zero-order valence-corrected chi connectivity index (χ0v) is 13.1. The van der Waals surface area contributed by atoms with E-state index >= 15 is 0 Å². The fourth-order valence-corrected chi connectivity index (χ4v) is 2.44. The molecule has 0 aliphatic carbocycles. The van der Waals surface area contributed by atoms with Gasteiger partial charge in [0, 0.05) is 23.6 Å². The summed E-state index contributed by atoms with van der Waals surface area (Å²) in [6, 6.07) is 10.5. The van der Waals surface area contributed by atoms with Crippen molar-refractivity contribution in [2.75, 3.05) is 5.32 Å². The Morgan fingerprint density at radius 1 is 1.12 bits per heavy atom. The Morgan fingerprint density at radius 2 is 1.92 bits per heavy atom. The lowest BCUT2D eigenvalue weighted by Gasteiger charge is -2.27. The minimum atomic E-state index is -0.987. The maximum absolute atomic E-state index is 10.4. The van der Waals surface area contributed by atoms with Crippen LogP contribution in [0.15, 0.2) is 59.6 Å². The average Bonchev–Trinajstić information content (AvgIpc) is 3.15. The first-order chi connectivity index (χ1) is 11.6. The summed E-state index contributed by atoms with van der Waals surface area (Å²) in [5, 5.41) is 31.0. The van der Waals surface area contributed by atoms with Gasteiger partial charge in [-0.3, -0.25) is 4.98 Å². The molecule has 3 rings (SSSR count). The Morgan fingerprint density at radius 3 is 2.58 bits per heavy atom.